The van der Waals surface area contributed by atoms with Crippen LogP contribution in [0.1, 0.15) is 68.7 Å². The molecule has 0 saturated carbocycles. The van der Waals surface area contributed by atoms with Crippen molar-refractivity contribution in [1.29, 1.82) is 0 Å². The van der Waals surface area contributed by atoms with Crippen LogP contribution >= 0.6 is 0 Å². The fourth-order valence-electron chi connectivity index (χ4n) is 1.37. The number of hydrogen-bond donors (Lipinski definition) is 0. The molecule has 0 radical (unpaired) electrons. The first-order valence-corrected chi connectivity index (χ1v) is 7.76. The summed E-state index contributed by atoms with van der Waals surface area (Å²) >= 11 is 0. The topological polar surface area (TPSA) is 12.5 Å². The first kappa shape index (κ1) is 26.5. The van der Waals surface area contributed by atoms with Gasteiger partial charge < -0.3 is 9.64 Å². The Balaban J connectivity index is -0.000000141. The zero-order valence-electron chi connectivity index (χ0n) is 15.2. The lowest BCUT2D eigenvalue weighted by atomic mass is 9.88. The highest BCUT2D eigenvalue weighted by molar-refractivity contribution is 4.74. The molecule has 2 nitrogen and oxygen atoms in total. The van der Waals surface area contributed by atoms with E-state index in [9.17, 15) is 0 Å². The molecule has 0 aliphatic rings. The van der Waals surface area contributed by atoms with Gasteiger partial charge in [-0.3, -0.25) is 0 Å². The molecule has 0 aromatic rings. The molecule has 0 spiro atoms. The van der Waals surface area contributed by atoms with Crippen molar-refractivity contribution in [3.8, 4) is 0 Å². The van der Waals surface area contributed by atoms with Gasteiger partial charge in [-0.1, -0.05) is 55.4 Å². The summed E-state index contributed by atoms with van der Waals surface area (Å²) in [5, 5.41) is 0. The van der Waals surface area contributed by atoms with Gasteiger partial charge in [0.1, 0.15) is 0 Å². The maximum Gasteiger partial charge on any atom is 0.0531 e. The zero-order valence-corrected chi connectivity index (χ0v) is 15.2. The van der Waals surface area contributed by atoms with E-state index in [1.165, 1.54) is 6.42 Å². The average Bonchev–Trinajstić information content (AvgIpc) is 2.42. The number of ether oxygens (including phenoxy) is 1. The Bertz CT molecular complexity index is 116. The van der Waals surface area contributed by atoms with Crippen molar-refractivity contribution in [2.45, 2.75) is 68.7 Å². The molecule has 0 aromatic heterocycles. The molecule has 0 aliphatic heterocycles. The van der Waals surface area contributed by atoms with E-state index in [2.05, 4.69) is 32.8 Å². The lowest BCUT2D eigenvalue weighted by Gasteiger charge is -2.30. The van der Waals surface area contributed by atoms with E-state index in [-0.39, 0.29) is 0 Å². The first-order chi connectivity index (χ1) is 8.54. The van der Waals surface area contributed by atoms with E-state index in [4.69, 9.17) is 4.74 Å². The van der Waals surface area contributed by atoms with Crippen LogP contribution in [0.15, 0.2) is 0 Å². The van der Waals surface area contributed by atoms with Crippen molar-refractivity contribution in [2.24, 2.45) is 5.41 Å². The maximum atomic E-state index is 5.46. The minimum atomic E-state index is 0.319. The second-order valence-corrected chi connectivity index (χ2v) is 4.04. The van der Waals surface area contributed by atoms with Gasteiger partial charge in [-0.25, -0.2) is 0 Å². The minimum Gasteiger partial charge on any atom is -0.381 e. The molecule has 18 heavy (non-hydrogen) atoms. The van der Waals surface area contributed by atoms with Gasteiger partial charge >= 0.3 is 0 Å². The monoisotopic (exact) mass is 263 g/mol. The van der Waals surface area contributed by atoms with Crippen molar-refractivity contribution < 1.29 is 4.74 Å². The zero-order chi connectivity index (χ0) is 15.6. The van der Waals surface area contributed by atoms with Crippen LogP contribution in [0.4, 0.5) is 0 Å². The second-order valence-electron chi connectivity index (χ2n) is 4.04. The van der Waals surface area contributed by atoms with Crippen molar-refractivity contribution in [2.75, 3.05) is 33.9 Å². The normalized spacial score (nSPS) is 12.0. The Morgan fingerprint density at radius 3 is 1.50 bits per heavy atom. The molecule has 116 valence electrons. The van der Waals surface area contributed by atoms with E-state index in [0.29, 0.717) is 5.41 Å². The van der Waals surface area contributed by atoms with Gasteiger partial charge in [0.15, 0.2) is 0 Å². The van der Waals surface area contributed by atoms with Gasteiger partial charge in [-0.15, -0.1) is 0 Å². The third kappa shape index (κ3) is 21.2. The Hall–Kier alpha value is -0.0800. The molecule has 0 N–H and O–H groups in total. The highest BCUT2D eigenvalue weighted by atomic mass is 16.5. The number of hydrogen-bond acceptors (Lipinski definition) is 2. The van der Waals surface area contributed by atoms with Crippen LogP contribution < -0.4 is 0 Å². The van der Waals surface area contributed by atoms with E-state index >= 15 is 0 Å². The van der Waals surface area contributed by atoms with Gasteiger partial charge in [0.2, 0.25) is 0 Å². The van der Waals surface area contributed by atoms with Gasteiger partial charge in [-0.2, -0.15) is 0 Å². The Kier molecular flexibility index (Phi) is 32.6. The molecule has 2 heteroatoms. The van der Waals surface area contributed by atoms with Gasteiger partial charge in [-0.05, 0) is 27.4 Å². The number of rotatable bonds is 6. The second kappa shape index (κ2) is 22.1. The molecule has 0 rings (SSSR count). The largest absolute Gasteiger partial charge is 0.381 e. The molecule has 0 aliphatic carbocycles. The summed E-state index contributed by atoms with van der Waals surface area (Å²) in [6, 6.07) is 0. The molecule has 0 bridgehead atoms. The van der Waals surface area contributed by atoms with Crippen LogP contribution in [0.25, 0.3) is 0 Å². The molecular weight excluding hydrogens is 222 g/mol. The van der Waals surface area contributed by atoms with Crippen LogP contribution in [-0.4, -0.2) is 38.8 Å². The van der Waals surface area contributed by atoms with E-state index in [1.54, 1.807) is 0 Å². The van der Waals surface area contributed by atoms with Crippen molar-refractivity contribution in [3.05, 3.63) is 0 Å². The van der Waals surface area contributed by atoms with Gasteiger partial charge in [0.25, 0.3) is 0 Å². The molecule has 0 saturated heterocycles. The molecule has 0 fully saturated rings. The summed E-state index contributed by atoms with van der Waals surface area (Å²) in [5.74, 6) is 0. The van der Waals surface area contributed by atoms with Crippen LogP contribution in [0.3, 0.4) is 0 Å². The third-order valence-corrected chi connectivity index (χ3v) is 2.21. The quantitative estimate of drug-likeness (QED) is 0.662. The minimum absolute atomic E-state index is 0.319. The lowest BCUT2D eigenvalue weighted by Crippen LogP contribution is -2.34. The van der Waals surface area contributed by atoms with Gasteiger partial charge in [0, 0.05) is 18.6 Å². The fraction of sp³-hybridized carbons (Fsp3) is 1.00. The average molecular weight is 264 g/mol. The highest BCUT2D eigenvalue weighted by Gasteiger charge is 2.22. The Labute approximate surface area is 118 Å². The van der Waals surface area contributed by atoms with Crippen LogP contribution in [-0.2, 0) is 4.74 Å². The molecule has 1 unspecified atom stereocenters. The highest BCUT2D eigenvalue weighted by Crippen LogP contribution is 2.21. The SMILES string of the molecule is CC.CC.CC.CCOCC(C)(CC)CN(C)C. The van der Waals surface area contributed by atoms with Crippen LogP contribution in [0.2, 0.25) is 0 Å². The van der Waals surface area contributed by atoms with Gasteiger partial charge in [0.05, 0.1) is 6.61 Å². The summed E-state index contributed by atoms with van der Waals surface area (Å²) in [6.45, 7) is 21.3. The Morgan fingerprint density at radius 2 is 1.28 bits per heavy atom. The standard InChI is InChI=1S/C10H23NO.3C2H6/c1-6-10(3,8-11(4)5)9-12-7-2;3*1-2/h6-9H2,1-5H3;3*1-2H3. The molecule has 0 amide bonds. The van der Waals surface area contributed by atoms with Crippen molar-refractivity contribution in [1.82, 2.24) is 4.90 Å². The fourth-order valence-corrected chi connectivity index (χ4v) is 1.37. The summed E-state index contributed by atoms with van der Waals surface area (Å²) in [5.41, 5.74) is 0.319. The summed E-state index contributed by atoms with van der Waals surface area (Å²) in [7, 11) is 4.22. The number of nitrogens with zero attached hydrogens (tertiary/aromatic N) is 1. The third-order valence-electron chi connectivity index (χ3n) is 2.21. The van der Waals surface area contributed by atoms with E-state index < -0.39 is 0 Å². The molecule has 0 aromatic carbocycles. The van der Waals surface area contributed by atoms with Crippen molar-refractivity contribution in [3.63, 3.8) is 0 Å². The lowest BCUT2D eigenvalue weighted by molar-refractivity contribution is 0.0424. The molecule has 0 heterocycles. The molecule has 1 atom stereocenters. The van der Waals surface area contributed by atoms with Crippen molar-refractivity contribution >= 4 is 0 Å². The maximum absolute atomic E-state index is 5.46. The van der Waals surface area contributed by atoms with E-state index in [0.717, 1.165) is 19.8 Å². The smallest absolute Gasteiger partial charge is 0.0531 e. The van der Waals surface area contributed by atoms with Crippen LogP contribution in [0, 0.1) is 5.41 Å². The Morgan fingerprint density at radius 1 is 0.889 bits per heavy atom. The van der Waals surface area contributed by atoms with E-state index in [1.807, 2.05) is 48.5 Å². The van der Waals surface area contributed by atoms with Crippen LogP contribution in [0.5, 0.6) is 0 Å². The summed E-state index contributed by atoms with van der Waals surface area (Å²) in [4.78, 5) is 2.22. The predicted molar refractivity (Wildman–Crippen MR) is 87.5 cm³/mol. The summed E-state index contributed by atoms with van der Waals surface area (Å²) in [6.07, 6.45) is 1.17. The molecular formula is C16H41NO. The summed E-state index contributed by atoms with van der Waals surface area (Å²) < 4.78 is 5.46. The first-order valence-electron chi connectivity index (χ1n) is 7.76. The predicted octanol–water partition coefficient (Wildman–Crippen LogP) is 5.08.